The number of ether oxygens (including phenoxy) is 1. The van der Waals surface area contributed by atoms with Crippen molar-refractivity contribution < 1.29 is 19.7 Å². The van der Waals surface area contributed by atoms with Crippen LogP contribution < -0.4 is 5.32 Å². The fraction of sp³-hybridized carbons (Fsp3) is 0.250. The number of hydrogen-bond donors (Lipinski definition) is 3. The number of carboxylic acid groups (broad SMARTS) is 1. The first kappa shape index (κ1) is 27.3. The van der Waals surface area contributed by atoms with Crippen LogP contribution in [0.4, 0.5) is 0 Å². The van der Waals surface area contributed by atoms with Crippen LogP contribution in [0.25, 0.3) is 0 Å². The van der Waals surface area contributed by atoms with E-state index in [4.69, 9.17) is 26.6 Å². The largest absolute Gasteiger partial charge is 0.479 e. The Bertz CT molecular complexity index is 957. The number of rotatable bonds is 11. The van der Waals surface area contributed by atoms with Crippen molar-refractivity contribution >= 4 is 17.6 Å². The van der Waals surface area contributed by atoms with Gasteiger partial charge < -0.3 is 20.3 Å². The minimum absolute atomic E-state index is 0.403. The van der Waals surface area contributed by atoms with E-state index in [0.717, 1.165) is 13.0 Å². The smallest absolute Gasteiger partial charge is 0.337 e. The number of aliphatic hydroxyl groups excluding tert-OH is 1. The molecule has 0 aliphatic carbocycles. The normalized spacial score (nSPS) is 11.7. The highest BCUT2D eigenvalue weighted by Crippen LogP contribution is 2.36. The summed E-state index contributed by atoms with van der Waals surface area (Å²) in [5.41, 5.74) is 2.27. The Balaban J connectivity index is 0.000000310. The van der Waals surface area contributed by atoms with Crippen molar-refractivity contribution in [1.82, 2.24) is 5.32 Å². The summed E-state index contributed by atoms with van der Waals surface area (Å²) in [5.74, 6) is -1.23. The molecule has 1 unspecified atom stereocenters. The van der Waals surface area contributed by atoms with Crippen molar-refractivity contribution in [3.05, 3.63) is 119 Å². The zero-order chi connectivity index (χ0) is 24.8. The predicted molar refractivity (Wildman–Crippen MR) is 137 cm³/mol. The minimum atomic E-state index is -1.41. The zero-order valence-corrected chi connectivity index (χ0v) is 20.1. The minimum Gasteiger partial charge on any atom is -0.479 e. The first-order valence-corrected chi connectivity index (χ1v) is 11.5. The molecule has 3 rings (SSSR count). The summed E-state index contributed by atoms with van der Waals surface area (Å²) in [6, 6.07) is 29.1. The third-order valence-corrected chi connectivity index (χ3v) is 5.32. The Hall–Kier alpha value is -2.96. The lowest BCUT2D eigenvalue weighted by Gasteiger charge is -2.35. The summed E-state index contributed by atoms with van der Waals surface area (Å²) in [6.45, 7) is 7.79. The zero-order valence-electron chi connectivity index (χ0n) is 19.4. The van der Waals surface area contributed by atoms with Gasteiger partial charge in [0.2, 0.25) is 0 Å². The predicted octanol–water partition coefficient (Wildman–Crippen LogP) is 5.50. The maximum Gasteiger partial charge on any atom is 0.337 e. The molecule has 0 aliphatic rings. The van der Waals surface area contributed by atoms with Gasteiger partial charge in [-0.25, -0.2) is 4.79 Å². The molecule has 0 saturated heterocycles. The molecule has 5 nitrogen and oxygen atoms in total. The van der Waals surface area contributed by atoms with Crippen molar-refractivity contribution in [3.8, 4) is 0 Å². The number of nitrogens with one attached hydrogen (secondary N) is 1. The molecule has 180 valence electrons. The van der Waals surface area contributed by atoms with Crippen molar-refractivity contribution in [2.45, 2.75) is 25.0 Å². The second-order valence-electron chi connectivity index (χ2n) is 7.59. The molecule has 0 fully saturated rings. The first-order chi connectivity index (χ1) is 16.4. The van der Waals surface area contributed by atoms with Gasteiger partial charge >= 0.3 is 5.97 Å². The average Bonchev–Trinajstić information content (AvgIpc) is 2.87. The maximum absolute atomic E-state index is 10.2. The lowest BCUT2D eigenvalue weighted by molar-refractivity contribution is -0.146. The van der Waals surface area contributed by atoms with E-state index in [1.165, 1.54) is 11.1 Å². The van der Waals surface area contributed by atoms with Gasteiger partial charge in [-0.3, -0.25) is 0 Å². The molecule has 3 aromatic rings. The summed E-state index contributed by atoms with van der Waals surface area (Å²) < 4.78 is 6.31. The molecule has 0 radical (unpaired) electrons. The molecule has 0 spiro atoms. The number of benzene rings is 3. The van der Waals surface area contributed by atoms with Crippen molar-refractivity contribution in [3.63, 3.8) is 0 Å². The van der Waals surface area contributed by atoms with Crippen LogP contribution in [0.1, 0.15) is 36.1 Å². The van der Waals surface area contributed by atoms with E-state index in [1.54, 1.807) is 30.3 Å². The number of carboxylic acids is 1. The summed E-state index contributed by atoms with van der Waals surface area (Å²) in [6.07, 6.45) is -0.588. The van der Waals surface area contributed by atoms with Gasteiger partial charge in [-0.1, -0.05) is 109 Å². The molecule has 0 saturated carbocycles. The number of aliphatic hydroxyl groups is 1. The van der Waals surface area contributed by atoms with Crippen molar-refractivity contribution in [2.24, 2.45) is 0 Å². The average molecular weight is 482 g/mol. The molecule has 6 heteroatoms. The molecule has 0 heterocycles. The molecule has 0 amide bonds. The van der Waals surface area contributed by atoms with Gasteiger partial charge in [0.05, 0.1) is 0 Å². The van der Waals surface area contributed by atoms with Crippen LogP contribution in [-0.2, 0) is 15.1 Å². The fourth-order valence-corrected chi connectivity index (χ4v) is 3.72. The third kappa shape index (κ3) is 8.12. The van der Waals surface area contributed by atoms with Crippen LogP contribution in [0.15, 0.2) is 103 Å². The monoisotopic (exact) mass is 481 g/mol. The molecular formula is C28H32ClNO4. The fourth-order valence-electron chi connectivity index (χ4n) is 3.62. The highest BCUT2D eigenvalue weighted by molar-refractivity contribution is 6.29. The number of halogens is 1. The van der Waals surface area contributed by atoms with E-state index in [1.807, 2.05) is 19.1 Å². The Morgan fingerprint density at radius 1 is 0.971 bits per heavy atom. The lowest BCUT2D eigenvalue weighted by Crippen LogP contribution is -2.35. The second kappa shape index (κ2) is 14.3. The van der Waals surface area contributed by atoms with E-state index in [9.17, 15) is 4.79 Å². The van der Waals surface area contributed by atoms with E-state index >= 15 is 0 Å². The van der Waals surface area contributed by atoms with Crippen molar-refractivity contribution in [1.29, 1.82) is 0 Å². The van der Waals surface area contributed by atoms with Gasteiger partial charge in [0, 0.05) is 18.2 Å². The molecular weight excluding hydrogens is 450 g/mol. The van der Waals surface area contributed by atoms with Crippen LogP contribution in [-0.4, -0.2) is 35.9 Å². The summed E-state index contributed by atoms with van der Waals surface area (Å²) in [4.78, 5) is 10.2. The standard InChI is InChI=1S/C20H24ClNO.C8H8O3/c1-3-23-20(14-15-22-16-17(2)21,18-10-6-4-7-11-18)19-12-8-5-9-13-19;9-7(8(10)11)6-4-2-1-3-5-6/h4-13,22H,2-3,14-16H2,1H3;1-5,7,9H,(H,10,11). The van der Waals surface area contributed by atoms with Crippen LogP contribution >= 0.6 is 11.6 Å². The quantitative estimate of drug-likeness (QED) is 0.315. The van der Waals surface area contributed by atoms with E-state index in [0.29, 0.717) is 23.7 Å². The van der Waals surface area contributed by atoms with Crippen LogP contribution in [0.2, 0.25) is 0 Å². The molecule has 0 aromatic heterocycles. The molecule has 3 aromatic carbocycles. The maximum atomic E-state index is 10.2. The van der Waals surface area contributed by atoms with Crippen molar-refractivity contribution in [2.75, 3.05) is 19.7 Å². The van der Waals surface area contributed by atoms with Gasteiger partial charge in [-0.2, -0.15) is 0 Å². The van der Waals surface area contributed by atoms with Crippen LogP contribution in [0.5, 0.6) is 0 Å². The van der Waals surface area contributed by atoms with Crippen LogP contribution in [0, 0.1) is 0 Å². The van der Waals surface area contributed by atoms with Gasteiger partial charge in [0.25, 0.3) is 0 Å². The molecule has 0 bridgehead atoms. The topological polar surface area (TPSA) is 78.8 Å². The Labute approximate surface area is 206 Å². The molecule has 3 N–H and O–H groups in total. The molecule has 34 heavy (non-hydrogen) atoms. The summed E-state index contributed by atoms with van der Waals surface area (Å²) >= 11 is 5.83. The SMILES string of the molecule is C=C(Cl)CNCCC(OCC)(c1ccccc1)c1ccccc1.O=C(O)C(O)c1ccccc1. The molecule has 0 aliphatic heterocycles. The Morgan fingerprint density at radius 2 is 1.44 bits per heavy atom. The van der Waals surface area contributed by atoms with E-state index in [2.05, 4.69) is 60.4 Å². The highest BCUT2D eigenvalue weighted by Gasteiger charge is 2.34. The number of carbonyl (C=O) groups is 1. The Morgan fingerprint density at radius 3 is 1.85 bits per heavy atom. The third-order valence-electron chi connectivity index (χ3n) is 5.19. The summed E-state index contributed by atoms with van der Waals surface area (Å²) in [7, 11) is 0. The van der Waals surface area contributed by atoms with Gasteiger partial charge in [0.15, 0.2) is 6.10 Å². The van der Waals surface area contributed by atoms with E-state index in [-0.39, 0.29) is 0 Å². The van der Waals surface area contributed by atoms with Crippen LogP contribution in [0.3, 0.4) is 0 Å². The van der Waals surface area contributed by atoms with E-state index < -0.39 is 17.7 Å². The van der Waals surface area contributed by atoms with Gasteiger partial charge in [0.1, 0.15) is 5.60 Å². The first-order valence-electron chi connectivity index (χ1n) is 11.2. The van der Waals surface area contributed by atoms with Gasteiger partial charge in [-0.05, 0) is 36.6 Å². The number of hydrogen-bond acceptors (Lipinski definition) is 4. The Kier molecular flexibility index (Phi) is 11.5. The number of aliphatic carboxylic acids is 1. The highest BCUT2D eigenvalue weighted by atomic mass is 35.5. The molecule has 1 atom stereocenters. The van der Waals surface area contributed by atoms with Gasteiger partial charge in [-0.15, -0.1) is 0 Å². The lowest BCUT2D eigenvalue weighted by atomic mass is 9.83. The summed E-state index contributed by atoms with van der Waals surface area (Å²) in [5, 5.41) is 21.3. The second-order valence-corrected chi connectivity index (χ2v) is 8.12.